The monoisotopic (exact) mass is 353 g/mol. The van der Waals surface area contributed by atoms with E-state index in [0.29, 0.717) is 0 Å². The van der Waals surface area contributed by atoms with Gasteiger partial charge in [0.2, 0.25) is 0 Å². The van der Waals surface area contributed by atoms with Crippen LogP contribution in [0, 0.1) is 0 Å². The summed E-state index contributed by atoms with van der Waals surface area (Å²) in [6, 6.07) is 4.33. The lowest BCUT2D eigenvalue weighted by Crippen LogP contribution is -2.52. The average molecular weight is 354 g/mol. The Balaban J connectivity index is 1.81. The molecule has 2 heterocycles. The fourth-order valence-corrected chi connectivity index (χ4v) is 3.49. The average Bonchev–Trinajstić information content (AvgIpc) is 3.14. The second kappa shape index (κ2) is 10.5. The molecule has 1 fully saturated rings. The van der Waals surface area contributed by atoms with Gasteiger partial charge in [-0.05, 0) is 31.5 Å². The standard InChI is InChI=1S/C17H31N5OS/c1-4-18-17(19-7-8-20(2)13-14-23-3)22-11-9-21(10-12-22)16-6-5-15-24-16/h5-6,15H,4,7-14H2,1-3H3,(H,18,19). The zero-order valence-corrected chi connectivity index (χ0v) is 16.0. The number of piperazine rings is 1. The lowest BCUT2D eigenvalue weighted by atomic mass is 10.3. The SMILES string of the molecule is CCNC(=NCCN(C)CCOC)N1CCN(c2cccs2)CC1. The van der Waals surface area contributed by atoms with Crippen LogP contribution in [0.1, 0.15) is 6.92 Å². The maximum atomic E-state index is 5.11. The number of aliphatic imine (C=N–C) groups is 1. The van der Waals surface area contributed by atoms with Gasteiger partial charge in [-0.15, -0.1) is 11.3 Å². The number of anilines is 1. The number of rotatable bonds is 8. The van der Waals surface area contributed by atoms with Gasteiger partial charge in [0.15, 0.2) is 5.96 Å². The molecule has 0 bridgehead atoms. The minimum atomic E-state index is 0.769. The van der Waals surface area contributed by atoms with Crippen molar-refractivity contribution < 1.29 is 4.74 Å². The molecular formula is C17H31N5OS. The number of ether oxygens (including phenoxy) is 1. The van der Waals surface area contributed by atoms with Crippen LogP contribution >= 0.6 is 11.3 Å². The lowest BCUT2D eigenvalue weighted by Gasteiger charge is -2.37. The van der Waals surface area contributed by atoms with E-state index in [9.17, 15) is 0 Å². The van der Waals surface area contributed by atoms with E-state index in [1.807, 2.05) is 11.3 Å². The molecule has 1 saturated heterocycles. The summed E-state index contributed by atoms with van der Waals surface area (Å²) in [5, 5.41) is 6.95. The maximum Gasteiger partial charge on any atom is 0.194 e. The number of likely N-dealkylation sites (N-methyl/N-ethyl adjacent to an activating group) is 1. The van der Waals surface area contributed by atoms with E-state index in [1.54, 1.807) is 7.11 Å². The highest BCUT2D eigenvalue weighted by Gasteiger charge is 2.20. The van der Waals surface area contributed by atoms with Crippen molar-refractivity contribution in [3.8, 4) is 0 Å². The quantitative estimate of drug-likeness (QED) is 0.565. The Hall–Kier alpha value is -1.31. The molecule has 0 amide bonds. The second-order valence-electron chi connectivity index (χ2n) is 5.96. The van der Waals surface area contributed by atoms with Gasteiger partial charge in [-0.2, -0.15) is 0 Å². The number of hydrogen-bond acceptors (Lipinski definition) is 5. The Morgan fingerprint density at radius 1 is 1.33 bits per heavy atom. The van der Waals surface area contributed by atoms with Gasteiger partial charge in [0.1, 0.15) is 0 Å². The normalized spacial score (nSPS) is 16.1. The van der Waals surface area contributed by atoms with Gasteiger partial charge in [0.05, 0.1) is 18.2 Å². The van der Waals surface area contributed by atoms with Gasteiger partial charge in [-0.25, -0.2) is 0 Å². The molecule has 1 aromatic heterocycles. The fraction of sp³-hybridized carbons (Fsp3) is 0.706. The van der Waals surface area contributed by atoms with E-state index >= 15 is 0 Å². The predicted octanol–water partition coefficient (Wildman–Crippen LogP) is 1.41. The van der Waals surface area contributed by atoms with Crippen LogP contribution in [0.25, 0.3) is 0 Å². The summed E-state index contributed by atoms with van der Waals surface area (Å²) < 4.78 is 5.11. The summed E-state index contributed by atoms with van der Waals surface area (Å²) >= 11 is 1.82. The van der Waals surface area contributed by atoms with E-state index in [1.165, 1.54) is 5.00 Å². The first-order valence-electron chi connectivity index (χ1n) is 8.73. The highest BCUT2D eigenvalue weighted by molar-refractivity contribution is 7.14. The molecule has 0 spiro atoms. The van der Waals surface area contributed by atoms with Crippen molar-refractivity contribution in [2.24, 2.45) is 4.99 Å². The Kier molecular flexibility index (Phi) is 8.35. The largest absolute Gasteiger partial charge is 0.383 e. The minimum Gasteiger partial charge on any atom is -0.383 e. The first kappa shape index (κ1) is 19.0. The zero-order chi connectivity index (χ0) is 17.2. The number of methoxy groups -OCH3 is 1. The molecule has 24 heavy (non-hydrogen) atoms. The molecule has 1 aliphatic rings. The summed E-state index contributed by atoms with van der Waals surface area (Å²) in [5.41, 5.74) is 0. The molecule has 0 unspecified atom stereocenters. The Labute approximate surface area is 150 Å². The van der Waals surface area contributed by atoms with Crippen LogP contribution in [0.4, 0.5) is 5.00 Å². The van der Waals surface area contributed by atoms with Crippen molar-refractivity contribution in [1.82, 2.24) is 15.1 Å². The molecule has 1 aromatic rings. The summed E-state index contributed by atoms with van der Waals surface area (Å²) in [5.74, 6) is 1.04. The van der Waals surface area contributed by atoms with Crippen LogP contribution in [-0.4, -0.2) is 88.9 Å². The third kappa shape index (κ3) is 5.96. The topological polar surface area (TPSA) is 43.3 Å². The van der Waals surface area contributed by atoms with Gasteiger partial charge in [0.25, 0.3) is 0 Å². The molecule has 2 rings (SSSR count). The molecular weight excluding hydrogens is 322 g/mol. The second-order valence-corrected chi connectivity index (χ2v) is 6.88. The van der Waals surface area contributed by atoms with E-state index < -0.39 is 0 Å². The first-order valence-corrected chi connectivity index (χ1v) is 9.61. The molecule has 0 atom stereocenters. The molecule has 6 nitrogen and oxygen atoms in total. The summed E-state index contributed by atoms with van der Waals surface area (Å²) in [6.07, 6.45) is 0. The summed E-state index contributed by atoms with van der Waals surface area (Å²) in [4.78, 5) is 11.9. The van der Waals surface area contributed by atoms with Crippen LogP contribution in [0.2, 0.25) is 0 Å². The first-order chi connectivity index (χ1) is 11.7. The van der Waals surface area contributed by atoms with Gasteiger partial charge in [-0.3, -0.25) is 4.99 Å². The smallest absolute Gasteiger partial charge is 0.194 e. The molecule has 136 valence electrons. The highest BCUT2D eigenvalue weighted by Crippen LogP contribution is 2.22. The van der Waals surface area contributed by atoms with E-state index in [4.69, 9.17) is 9.73 Å². The van der Waals surface area contributed by atoms with Crippen LogP contribution in [0.15, 0.2) is 22.5 Å². The Morgan fingerprint density at radius 2 is 2.12 bits per heavy atom. The number of thiophene rings is 1. The number of nitrogens with zero attached hydrogens (tertiary/aromatic N) is 4. The van der Waals surface area contributed by atoms with Crippen molar-refractivity contribution >= 4 is 22.3 Å². The van der Waals surface area contributed by atoms with Gasteiger partial charge in [-0.1, -0.05) is 0 Å². The van der Waals surface area contributed by atoms with Crippen LogP contribution in [0.3, 0.4) is 0 Å². The van der Waals surface area contributed by atoms with Crippen LogP contribution in [-0.2, 0) is 4.74 Å². The van der Waals surface area contributed by atoms with Gasteiger partial charge in [0, 0.05) is 52.9 Å². The van der Waals surface area contributed by atoms with E-state index in [2.05, 4.69) is 51.5 Å². The predicted molar refractivity (Wildman–Crippen MR) is 103 cm³/mol. The minimum absolute atomic E-state index is 0.769. The Bertz CT molecular complexity index is 471. The molecule has 0 saturated carbocycles. The zero-order valence-electron chi connectivity index (χ0n) is 15.2. The maximum absolute atomic E-state index is 5.11. The summed E-state index contributed by atoms with van der Waals surface area (Å²) in [6.45, 7) is 10.7. The van der Waals surface area contributed by atoms with E-state index in [-0.39, 0.29) is 0 Å². The molecule has 1 aliphatic heterocycles. The van der Waals surface area contributed by atoms with Crippen molar-refractivity contribution in [1.29, 1.82) is 0 Å². The third-order valence-electron chi connectivity index (χ3n) is 4.15. The summed E-state index contributed by atoms with van der Waals surface area (Å²) in [7, 11) is 3.85. The number of nitrogens with one attached hydrogen (secondary N) is 1. The third-order valence-corrected chi connectivity index (χ3v) is 5.08. The van der Waals surface area contributed by atoms with Gasteiger partial charge >= 0.3 is 0 Å². The number of hydrogen-bond donors (Lipinski definition) is 1. The van der Waals surface area contributed by atoms with Crippen LogP contribution < -0.4 is 10.2 Å². The Morgan fingerprint density at radius 3 is 2.75 bits per heavy atom. The van der Waals surface area contributed by atoms with Crippen molar-refractivity contribution in [3.05, 3.63) is 17.5 Å². The fourth-order valence-electron chi connectivity index (χ4n) is 2.70. The van der Waals surface area contributed by atoms with Crippen LogP contribution in [0.5, 0.6) is 0 Å². The van der Waals surface area contributed by atoms with Crippen molar-refractivity contribution in [2.45, 2.75) is 6.92 Å². The molecule has 1 N–H and O–H groups in total. The molecule has 0 radical (unpaired) electrons. The van der Waals surface area contributed by atoms with Crippen molar-refractivity contribution in [2.75, 3.05) is 78.0 Å². The van der Waals surface area contributed by atoms with Gasteiger partial charge < -0.3 is 24.8 Å². The van der Waals surface area contributed by atoms with E-state index in [0.717, 1.165) is 64.9 Å². The number of guanidine groups is 1. The highest BCUT2D eigenvalue weighted by atomic mass is 32.1. The van der Waals surface area contributed by atoms with Crippen molar-refractivity contribution in [3.63, 3.8) is 0 Å². The molecule has 0 aromatic carbocycles. The molecule has 7 heteroatoms. The lowest BCUT2D eigenvalue weighted by molar-refractivity contribution is 0.163. The molecule has 0 aliphatic carbocycles.